The van der Waals surface area contributed by atoms with Gasteiger partial charge in [0.25, 0.3) is 0 Å². The average molecular weight is 460 g/mol. The fraction of sp³-hybridized carbons (Fsp3) is 0.208. The Morgan fingerprint density at radius 3 is 2.61 bits per heavy atom. The van der Waals surface area contributed by atoms with E-state index in [9.17, 15) is 14.9 Å². The number of aromatic nitrogens is 2. The topological polar surface area (TPSA) is 100 Å². The van der Waals surface area contributed by atoms with Gasteiger partial charge in [-0.15, -0.1) is 0 Å². The van der Waals surface area contributed by atoms with Gasteiger partial charge in [0.15, 0.2) is 11.6 Å². The van der Waals surface area contributed by atoms with Crippen LogP contribution in [0, 0.1) is 24.2 Å². The number of esters is 1. The molecule has 2 unspecified atom stereocenters. The van der Waals surface area contributed by atoms with E-state index in [1.165, 1.54) is 0 Å². The molecule has 0 aliphatic carbocycles. The summed E-state index contributed by atoms with van der Waals surface area (Å²) in [5, 5.41) is 16.9. The summed E-state index contributed by atoms with van der Waals surface area (Å²) < 4.78 is 6.79. The number of benzene rings is 2. The third-order valence-electron chi connectivity index (χ3n) is 5.22. The number of amides is 1. The number of ether oxygens (including phenoxy) is 1. The Morgan fingerprint density at radius 1 is 1.21 bits per heavy atom. The molecule has 0 radical (unpaired) electrons. The number of nitriles is 1. The number of rotatable bonds is 5. The first-order chi connectivity index (χ1) is 15.9. The van der Waals surface area contributed by atoms with Crippen molar-refractivity contribution in [1.82, 2.24) is 15.1 Å². The highest BCUT2D eigenvalue weighted by molar-refractivity contribution is 7.80. The molecule has 0 bridgehead atoms. The van der Waals surface area contributed by atoms with Crippen molar-refractivity contribution in [3.8, 4) is 11.8 Å². The predicted octanol–water partition coefficient (Wildman–Crippen LogP) is 3.46. The molecule has 0 spiro atoms. The number of hydrogen-bond acceptors (Lipinski definition) is 6. The maximum Gasteiger partial charge on any atom is 0.359 e. The van der Waals surface area contributed by atoms with Gasteiger partial charge in [-0.1, -0.05) is 42.5 Å². The first-order valence-corrected chi connectivity index (χ1v) is 10.8. The molecular weight excluding hydrogens is 438 g/mol. The van der Waals surface area contributed by atoms with Crippen molar-refractivity contribution in [2.75, 3.05) is 11.5 Å². The molecule has 1 saturated heterocycles. The molecular formula is C24H21N5O3S. The maximum absolute atomic E-state index is 12.8. The fourth-order valence-corrected chi connectivity index (χ4v) is 4.07. The van der Waals surface area contributed by atoms with Gasteiger partial charge in [0, 0.05) is 17.4 Å². The van der Waals surface area contributed by atoms with E-state index in [-0.39, 0.29) is 17.3 Å². The maximum atomic E-state index is 12.8. The van der Waals surface area contributed by atoms with Gasteiger partial charge in [-0.05, 0) is 43.7 Å². The van der Waals surface area contributed by atoms with E-state index >= 15 is 0 Å². The van der Waals surface area contributed by atoms with Gasteiger partial charge in [0.1, 0.15) is 11.2 Å². The Hall–Kier alpha value is -4.03. The van der Waals surface area contributed by atoms with Crippen molar-refractivity contribution in [3.05, 3.63) is 77.6 Å². The van der Waals surface area contributed by atoms with Crippen LogP contribution < -0.4 is 10.2 Å². The number of carbonyl (C=O) groups is 2. The number of anilines is 1. The molecule has 1 aliphatic rings. The Bertz CT molecular complexity index is 1260. The number of thiocarbonyl (C=S) groups is 1. The SMILES string of the molecule is CCOC(=O)c1nn(-c2ccccc2)cc1C1NC(=O)C(C#N)C(=S)N1c1cccc(C)c1. The minimum atomic E-state index is -1.13. The van der Waals surface area contributed by atoms with E-state index in [1.807, 2.05) is 67.6 Å². The summed E-state index contributed by atoms with van der Waals surface area (Å²) >= 11 is 5.59. The Labute approximate surface area is 196 Å². The van der Waals surface area contributed by atoms with Gasteiger partial charge in [-0.2, -0.15) is 10.4 Å². The van der Waals surface area contributed by atoms with Crippen molar-refractivity contribution in [2.45, 2.75) is 20.0 Å². The zero-order chi connectivity index (χ0) is 23.5. The second-order valence-electron chi connectivity index (χ2n) is 7.45. The van der Waals surface area contributed by atoms with Crippen molar-refractivity contribution in [1.29, 1.82) is 5.26 Å². The highest BCUT2D eigenvalue weighted by Crippen LogP contribution is 2.34. The van der Waals surface area contributed by atoms with Gasteiger partial charge in [-0.3, -0.25) is 4.79 Å². The van der Waals surface area contributed by atoms with Gasteiger partial charge >= 0.3 is 5.97 Å². The summed E-state index contributed by atoms with van der Waals surface area (Å²) in [6, 6.07) is 18.8. The molecule has 1 aromatic heterocycles. The average Bonchev–Trinajstić information content (AvgIpc) is 3.25. The molecule has 4 rings (SSSR count). The number of nitrogens with zero attached hydrogens (tertiary/aromatic N) is 4. The molecule has 8 nitrogen and oxygen atoms in total. The van der Waals surface area contributed by atoms with Gasteiger partial charge in [-0.25, -0.2) is 9.48 Å². The molecule has 1 aliphatic heterocycles. The summed E-state index contributed by atoms with van der Waals surface area (Å²) in [6.07, 6.45) is 0.818. The largest absolute Gasteiger partial charge is 0.461 e. The lowest BCUT2D eigenvalue weighted by molar-refractivity contribution is -0.123. The van der Waals surface area contributed by atoms with Gasteiger partial charge < -0.3 is 15.0 Å². The Morgan fingerprint density at radius 2 is 1.94 bits per heavy atom. The lowest BCUT2D eigenvalue weighted by Gasteiger charge is -2.39. The van der Waals surface area contributed by atoms with E-state index in [4.69, 9.17) is 17.0 Å². The summed E-state index contributed by atoms with van der Waals surface area (Å²) in [7, 11) is 0. The molecule has 1 amide bonds. The van der Waals surface area contributed by atoms with E-state index in [2.05, 4.69) is 10.4 Å². The first kappa shape index (κ1) is 22.2. The van der Waals surface area contributed by atoms with Crippen LogP contribution in [0.1, 0.15) is 34.7 Å². The van der Waals surface area contributed by atoms with Crippen LogP contribution in [0.15, 0.2) is 60.8 Å². The van der Waals surface area contributed by atoms with E-state index in [1.54, 1.807) is 22.7 Å². The summed E-state index contributed by atoms with van der Waals surface area (Å²) in [5.41, 5.74) is 2.86. The molecule has 3 aromatic rings. The molecule has 2 atom stereocenters. The Kier molecular flexibility index (Phi) is 6.20. The van der Waals surface area contributed by atoms with Crippen molar-refractivity contribution in [2.24, 2.45) is 5.92 Å². The van der Waals surface area contributed by atoms with E-state index in [0.29, 0.717) is 11.3 Å². The predicted molar refractivity (Wildman–Crippen MR) is 126 cm³/mol. The highest BCUT2D eigenvalue weighted by atomic mass is 32.1. The minimum absolute atomic E-state index is 0.0573. The molecule has 0 saturated carbocycles. The third kappa shape index (κ3) is 4.21. The van der Waals surface area contributed by atoms with Crippen LogP contribution in [-0.2, 0) is 9.53 Å². The molecule has 2 heterocycles. The number of carbonyl (C=O) groups excluding carboxylic acids is 2. The Balaban J connectivity index is 1.89. The summed E-state index contributed by atoms with van der Waals surface area (Å²) in [5.74, 6) is -2.28. The highest BCUT2D eigenvalue weighted by Gasteiger charge is 2.42. The lowest BCUT2D eigenvalue weighted by atomic mass is 10.0. The van der Waals surface area contributed by atoms with Crippen LogP contribution in [0.3, 0.4) is 0 Å². The normalized spacial score (nSPS) is 17.9. The number of nitrogens with one attached hydrogen (secondary N) is 1. The van der Waals surface area contributed by atoms with Gasteiger partial charge in [0.05, 0.1) is 18.4 Å². The number of hydrogen-bond donors (Lipinski definition) is 1. The molecule has 9 heteroatoms. The van der Waals surface area contributed by atoms with Gasteiger partial charge in [0.2, 0.25) is 5.91 Å². The smallest absolute Gasteiger partial charge is 0.359 e. The molecule has 1 fully saturated rings. The summed E-state index contributed by atoms with van der Waals surface area (Å²) in [6.45, 7) is 3.81. The third-order valence-corrected chi connectivity index (χ3v) is 5.65. The van der Waals surface area contributed by atoms with Crippen LogP contribution in [0.25, 0.3) is 5.69 Å². The van der Waals surface area contributed by atoms with Crippen LogP contribution in [0.5, 0.6) is 0 Å². The summed E-state index contributed by atoms with van der Waals surface area (Å²) in [4.78, 5) is 27.4. The van der Waals surface area contributed by atoms with Crippen molar-refractivity contribution in [3.63, 3.8) is 0 Å². The van der Waals surface area contributed by atoms with Crippen LogP contribution in [0.4, 0.5) is 5.69 Å². The number of para-hydroxylation sites is 1. The number of aryl methyl sites for hydroxylation is 1. The quantitative estimate of drug-likeness (QED) is 0.461. The molecule has 2 aromatic carbocycles. The van der Waals surface area contributed by atoms with Crippen molar-refractivity contribution < 1.29 is 14.3 Å². The monoisotopic (exact) mass is 459 g/mol. The zero-order valence-electron chi connectivity index (χ0n) is 18.1. The lowest BCUT2D eigenvalue weighted by Crippen LogP contribution is -2.56. The zero-order valence-corrected chi connectivity index (χ0v) is 18.9. The van der Waals surface area contributed by atoms with Crippen LogP contribution in [0.2, 0.25) is 0 Å². The van der Waals surface area contributed by atoms with Crippen molar-refractivity contribution >= 4 is 34.8 Å². The van der Waals surface area contributed by atoms with Crippen LogP contribution >= 0.6 is 12.2 Å². The first-order valence-electron chi connectivity index (χ1n) is 10.4. The van der Waals surface area contributed by atoms with E-state index in [0.717, 1.165) is 11.3 Å². The second kappa shape index (κ2) is 9.22. The molecule has 1 N–H and O–H groups in total. The molecule has 33 heavy (non-hydrogen) atoms. The second-order valence-corrected chi connectivity index (χ2v) is 7.87. The standard InChI is InChI=1S/C24H21N5O3S/c1-3-32-24(31)20-19(14-28(27-20)16-9-5-4-6-10-16)21-26-22(30)18(13-25)23(33)29(21)17-11-7-8-15(2)12-17/h4-12,14,18,21H,3H2,1-2H3,(H,26,30). The minimum Gasteiger partial charge on any atom is -0.461 e. The molecule has 166 valence electrons. The fourth-order valence-electron chi connectivity index (χ4n) is 3.70. The van der Waals surface area contributed by atoms with E-state index < -0.39 is 24.0 Å². The van der Waals surface area contributed by atoms with Crippen LogP contribution in [-0.4, -0.2) is 33.3 Å².